The second-order valence-corrected chi connectivity index (χ2v) is 7.85. The molecule has 5 nitrogen and oxygen atoms in total. The molecule has 0 aliphatic rings. The summed E-state index contributed by atoms with van der Waals surface area (Å²) in [6.45, 7) is 2.36. The highest BCUT2D eigenvalue weighted by Gasteiger charge is 2.14. The number of carbonyl (C=O) groups excluding carboxylic acids is 2. The number of amides is 2. The summed E-state index contributed by atoms with van der Waals surface area (Å²) in [5.41, 5.74) is 3.46. The van der Waals surface area contributed by atoms with Crippen LogP contribution in [0.5, 0.6) is 0 Å². The molecule has 0 aliphatic heterocycles. The third-order valence-electron chi connectivity index (χ3n) is 4.38. The van der Waals surface area contributed by atoms with Gasteiger partial charge in [0.1, 0.15) is 0 Å². The van der Waals surface area contributed by atoms with Crippen LogP contribution >= 0.6 is 28.1 Å². The monoisotopic (exact) mass is 481 g/mol. The van der Waals surface area contributed by atoms with E-state index in [-0.39, 0.29) is 16.9 Å². The van der Waals surface area contributed by atoms with Crippen LogP contribution in [0.25, 0.3) is 0 Å². The molecule has 7 heteroatoms. The number of thiocarbonyl (C=S) groups is 1. The first-order valence-corrected chi connectivity index (χ1v) is 10.4. The number of carbonyl (C=O) groups is 2. The first-order chi connectivity index (χ1) is 14.4. The summed E-state index contributed by atoms with van der Waals surface area (Å²) in [6.07, 6.45) is 0. The normalized spacial score (nSPS) is 10.2. The molecule has 2 amide bonds. The van der Waals surface area contributed by atoms with Gasteiger partial charge in [-0.15, -0.1) is 0 Å². The largest absolute Gasteiger partial charge is 0.348 e. The molecule has 30 heavy (non-hydrogen) atoms. The van der Waals surface area contributed by atoms with E-state index in [1.807, 2.05) is 43.3 Å². The molecule has 0 saturated heterocycles. The first kappa shape index (κ1) is 21.7. The van der Waals surface area contributed by atoms with E-state index in [2.05, 4.69) is 31.9 Å². The quantitative estimate of drug-likeness (QED) is 0.457. The number of anilines is 1. The lowest BCUT2D eigenvalue weighted by Gasteiger charge is -2.14. The van der Waals surface area contributed by atoms with Gasteiger partial charge in [0, 0.05) is 16.6 Å². The molecule has 0 unspecified atom stereocenters. The van der Waals surface area contributed by atoms with Crippen LogP contribution in [0.2, 0.25) is 0 Å². The van der Waals surface area contributed by atoms with Gasteiger partial charge in [-0.05, 0) is 54.5 Å². The van der Waals surface area contributed by atoms with Crippen LogP contribution in [-0.2, 0) is 6.54 Å². The average molecular weight is 482 g/mol. The van der Waals surface area contributed by atoms with Gasteiger partial charge in [-0.25, -0.2) is 0 Å². The minimum atomic E-state index is -0.334. The van der Waals surface area contributed by atoms with Crippen molar-refractivity contribution in [3.8, 4) is 0 Å². The smallest absolute Gasteiger partial charge is 0.257 e. The van der Waals surface area contributed by atoms with E-state index < -0.39 is 0 Å². The van der Waals surface area contributed by atoms with Crippen molar-refractivity contribution in [1.29, 1.82) is 0 Å². The molecule has 3 aromatic carbocycles. The molecule has 3 aromatic rings. The highest BCUT2D eigenvalue weighted by molar-refractivity contribution is 9.10. The number of aryl methyl sites for hydroxylation is 1. The van der Waals surface area contributed by atoms with E-state index >= 15 is 0 Å². The zero-order chi connectivity index (χ0) is 21.5. The summed E-state index contributed by atoms with van der Waals surface area (Å²) in [5.74, 6) is -0.572. The summed E-state index contributed by atoms with van der Waals surface area (Å²) >= 11 is 8.69. The van der Waals surface area contributed by atoms with E-state index in [1.54, 1.807) is 36.4 Å². The summed E-state index contributed by atoms with van der Waals surface area (Å²) in [6, 6.07) is 22.0. The van der Waals surface area contributed by atoms with Crippen molar-refractivity contribution >= 4 is 50.8 Å². The number of para-hydroxylation sites is 1. The maximum Gasteiger partial charge on any atom is 0.257 e. The van der Waals surface area contributed by atoms with E-state index in [0.29, 0.717) is 23.4 Å². The lowest BCUT2D eigenvalue weighted by atomic mass is 10.1. The third-order valence-corrected chi connectivity index (χ3v) is 5.44. The van der Waals surface area contributed by atoms with Gasteiger partial charge in [-0.1, -0.05) is 64.5 Å². The minimum Gasteiger partial charge on any atom is -0.348 e. The van der Waals surface area contributed by atoms with Gasteiger partial charge in [-0.2, -0.15) is 0 Å². The lowest BCUT2D eigenvalue weighted by molar-refractivity contribution is 0.0950. The van der Waals surface area contributed by atoms with Crippen LogP contribution in [0.4, 0.5) is 5.69 Å². The van der Waals surface area contributed by atoms with E-state index in [4.69, 9.17) is 12.2 Å². The summed E-state index contributed by atoms with van der Waals surface area (Å²) in [7, 11) is 0. The van der Waals surface area contributed by atoms with Crippen LogP contribution in [0, 0.1) is 6.92 Å². The predicted octanol–water partition coefficient (Wildman–Crippen LogP) is 4.81. The number of rotatable bonds is 5. The Hall–Kier alpha value is -3.03. The standard InChI is InChI=1S/C23H20BrN3O2S/c1-15-11-12-17(13-19(15)24)21(28)27-23(30)26-20-10-6-5-9-18(20)22(29)25-14-16-7-3-2-4-8-16/h2-13H,14H2,1H3,(H,25,29)(H2,26,27,28,30). The number of nitrogens with one attached hydrogen (secondary N) is 3. The van der Waals surface area contributed by atoms with Crippen molar-refractivity contribution in [2.45, 2.75) is 13.5 Å². The van der Waals surface area contributed by atoms with Crippen molar-refractivity contribution in [3.63, 3.8) is 0 Å². The SMILES string of the molecule is Cc1ccc(C(=O)NC(=S)Nc2ccccc2C(=O)NCc2ccccc2)cc1Br. The average Bonchev–Trinajstić information content (AvgIpc) is 2.75. The van der Waals surface area contributed by atoms with E-state index in [0.717, 1.165) is 15.6 Å². The Morgan fingerprint density at radius 1 is 0.933 bits per heavy atom. The topological polar surface area (TPSA) is 70.2 Å². The number of benzene rings is 3. The van der Waals surface area contributed by atoms with Crippen molar-refractivity contribution in [2.24, 2.45) is 0 Å². The summed E-state index contributed by atoms with van der Waals surface area (Å²) in [5, 5.41) is 8.59. The molecule has 0 atom stereocenters. The van der Waals surface area contributed by atoms with Crippen LogP contribution in [-0.4, -0.2) is 16.9 Å². The van der Waals surface area contributed by atoms with E-state index in [9.17, 15) is 9.59 Å². The second-order valence-electron chi connectivity index (χ2n) is 6.59. The highest BCUT2D eigenvalue weighted by atomic mass is 79.9. The van der Waals surface area contributed by atoms with E-state index in [1.165, 1.54) is 0 Å². The molecule has 0 fully saturated rings. The number of halogens is 1. The molecule has 152 valence electrons. The fraction of sp³-hybridized carbons (Fsp3) is 0.0870. The number of hydrogen-bond acceptors (Lipinski definition) is 3. The molecular formula is C23H20BrN3O2S. The van der Waals surface area contributed by atoms with Gasteiger partial charge in [0.25, 0.3) is 11.8 Å². The Balaban J connectivity index is 1.64. The van der Waals surface area contributed by atoms with Gasteiger partial charge in [0.15, 0.2) is 5.11 Å². The Kier molecular flexibility index (Phi) is 7.32. The van der Waals surface area contributed by atoms with Crippen LogP contribution < -0.4 is 16.0 Å². The van der Waals surface area contributed by atoms with Crippen LogP contribution in [0.3, 0.4) is 0 Å². The predicted molar refractivity (Wildman–Crippen MR) is 127 cm³/mol. The van der Waals surface area contributed by atoms with Gasteiger partial charge < -0.3 is 10.6 Å². The number of hydrogen-bond donors (Lipinski definition) is 3. The Morgan fingerprint density at radius 2 is 1.63 bits per heavy atom. The van der Waals surface area contributed by atoms with Crippen molar-refractivity contribution in [1.82, 2.24) is 10.6 Å². The maximum atomic E-state index is 12.6. The minimum absolute atomic E-state index is 0.111. The first-order valence-electron chi connectivity index (χ1n) is 9.23. The Bertz CT molecular complexity index is 1090. The fourth-order valence-electron chi connectivity index (χ4n) is 2.73. The molecule has 0 spiro atoms. The lowest BCUT2D eigenvalue weighted by Crippen LogP contribution is -2.35. The molecule has 0 aromatic heterocycles. The molecular weight excluding hydrogens is 462 g/mol. The van der Waals surface area contributed by atoms with Crippen LogP contribution in [0.15, 0.2) is 77.3 Å². The molecule has 0 bridgehead atoms. The van der Waals surface area contributed by atoms with Crippen molar-refractivity contribution < 1.29 is 9.59 Å². The Morgan fingerprint density at radius 3 is 2.37 bits per heavy atom. The van der Waals surface area contributed by atoms with Crippen molar-refractivity contribution in [3.05, 3.63) is 99.5 Å². The molecule has 0 radical (unpaired) electrons. The molecule has 3 N–H and O–H groups in total. The van der Waals surface area contributed by atoms with Gasteiger partial charge in [0.05, 0.1) is 11.3 Å². The van der Waals surface area contributed by atoms with Gasteiger partial charge >= 0.3 is 0 Å². The zero-order valence-corrected chi connectivity index (χ0v) is 18.6. The van der Waals surface area contributed by atoms with Gasteiger partial charge in [0.2, 0.25) is 0 Å². The third kappa shape index (κ3) is 5.75. The summed E-state index contributed by atoms with van der Waals surface area (Å²) < 4.78 is 0.842. The molecule has 0 heterocycles. The molecule has 3 rings (SSSR count). The highest BCUT2D eigenvalue weighted by Crippen LogP contribution is 2.18. The fourth-order valence-corrected chi connectivity index (χ4v) is 3.31. The maximum absolute atomic E-state index is 12.6. The second kappa shape index (κ2) is 10.1. The molecule has 0 aliphatic carbocycles. The molecule has 0 saturated carbocycles. The summed E-state index contributed by atoms with van der Waals surface area (Å²) in [4.78, 5) is 25.1. The van der Waals surface area contributed by atoms with Crippen LogP contribution in [0.1, 0.15) is 31.8 Å². The Labute approximate surface area is 189 Å². The zero-order valence-electron chi connectivity index (χ0n) is 16.2. The van der Waals surface area contributed by atoms with Gasteiger partial charge in [-0.3, -0.25) is 14.9 Å². The van der Waals surface area contributed by atoms with Crippen molar-refractivity contribution in [2.75, 3.05) is 5.32 Å².